The Morgan fingerprint density at radius 3 is 2.53 bits per heavy atom. The van der Waals surface area contributed by atoms with Crippen LogP contribution in [0.2, 0.25) is 0 Å². The third-order valence-corrected chi connectivity index (χ3v) is 2.24. The van der Waals surface area contributed by atoms with Crippen molar-refractivity contribution in [3.05, 3.63) is 23.8 Å². The smallest absolute Gasteiger partial charge is 0.123 e. The number of rotatable bonds is 8. The predicted octanol–water partition coefficient (Wildman–Crippen LogP) is 1.37. The molecule has 1 aromatic rings. The highest BCUT2D eigenvalue weighted by Gasteiger charge is 2.04. The molecule has 0 heterocycles. The van der Waals surface area contributed by atoms with Crippen LogP contribution in [0.3, 0.4) is 0 Å². The van der Waals surface area contributed by atoms with Crippen LogP contribution in [0.15, 0.2) is 18.2 Å². The van der Waals surface area contributed by atoms with E-state index >= 15 is 0 Å². The van der Waals surface area contributed by atoms with Crippen molar-refractivity contribution in [2.24, 2.45) is 0 Å². The van der Waals surface area contributed by atoms with Gasteiger partial charge in [-0.05, 0) is 18.2 Å². The molecule has 0 aliphatic carbocycles. The second-order valence-electron chi connectivity index (χ2n) is 3.34. The fraction of sp³-hybridized carbons (Fsp3) is 0.500. The number of nitrogens with one attached hydrogen (secondary N) is 1. The maximum absolute atomic E-state index is 5.25. The average molecular weight is 241 g/mol. The molecule has 0 aliphatic heterocycles. The Bertz CT molecular complexity index is 330. The lowest BCUT2D eigenvalue weighted by molar-refractivity contribution is 0.00320. The van der Waals surface area contributed by atoms with Crippen molar-refractivity contribution in [3.8, 4) is 11.5 Å². The maximum Gasteiger partial charge on any atom is 0.123 e. The fourth-order valence-corrected chi connectivity index (χ4v) is 1.35. The Morgan fingerprint density at radius 1 is 1.06 bits per heavy atom. The summed E-state index contributed by atoms with van der Waals surface area (Å²) in [5, 5.41) is 0. The van der Waals surface area contributed by atoms with Gasteiger partial charge in [0.05, 0.1) is 27.4 Å². The topological polar surface area (TPSA) is 49.0 Å². The summed E-state index contributed by atoms with van der Waals surface area (Å²) in [5.74, 6) is 1.59. The van der Waals surface area contributed by atoms with E-state index in [1.54, 1.807) is 21.3 Å². The third-order valence-electron chi connectivity index (χ3n) is 2.24. The molecule has 0 fully saturated rings. The van der Waals surface area contributed by atoms with E-state index in [0.717, 1.165) is 17.1 Å². The highest BCUT2D eigenvalue weighted by molar-refractivity contribution is 5.40. The minimum absolute atomic E-state index is 0.503. The van der Waals surface area contributed by atoms with Crippen LogP contribution in [0.25, 0.3) is 0 Å². The summed E-state index contributed by atoms with van der Waals surface area (Å²) in [6.07, 6.45) is 0. The van der Waals surface area contributed by atoms with Gasteiger partial charge in [-0.2, -0.15) is 5.48 Å². The summed E-state index contributed by atoms with van der Waals surface area (Å²) >= 11 is 0. The Kier molecular flexibility index (Phi) is 6.39. The van der Waals surface area contributed by atoms with Crippen molar-refractivity contribution >= 4 is 0 Å². The number of hydrogen-bond acceptors (Lipinski definition) is 5. The van der Waals surface area contributed by atoms with Crippen LogP contribution in [0.1, 0.15) is 5.56 Å². The molecule has 0 saturated heterocycles. The first-order valence-corrected chi connectivity index (χ1v) is 5.36. The van der Waals surface area contributed by atoms with Gasteiger partial charge in [-0.3, -0.25) is 4.84 Å². The van der Waals surface area contributed by atoms with Gasteiger partial charge in [0.15, 0.2) is 0 Å². The lowest BCUT2D eigenvalue weighted by Gasteiger charge is -2.11. The van der Waals surface area contributed by atoms with Crippen LogP contribution in [0.5, 0.6) is 11.5 Å². The van der Waals surface area contributed by atoms with Gasteiger partial charge < -0.3 is 14.2 Å². The monoisotopic (exact) mass is 241 g/mol. The molecule has 0 bridgehead atoms. The number of hydroxylamine groups is 1. The summed E-state index contributed by atoms with van der Waals surface area (Å²) in [5.41, 5.74) is 3.82. The Labute approximate surface area is 102 Å². The largest absolute Gasteiger partial charge is 0.497 e. The highest BCUT2D eigenvalue weighted by atomic mass is 16.7. The summed E-state index contributed by atoms with van der Waals surface area (Å²) in [6, 6.07) is 5.63. The van der Waals surface area contributed by atoms with Gasteiger partial charge in [0.2, 0.25) is 0 Å². The zero-order valence-corrected chi connectivity index (χ0v) is 10.5. The SMILES string of the molecule is COCCONCc1cc(OC)ccc1OC. The van der Waals surface area contributed by atoms with E-state index in [0.29, 0.717) is 19.8 Å². The Hall–Kier alpha value is -1.30. The molecule has 1 rings (SSSR count). The van der Waals surface area contributed by atoms with Gasteiger partial charge in [0.1, 0.15) is 11.5 Å². The molecule has 0 aromatic heterocycles. The molecule has 1 aromatic carbocycles. The van der Waals surface area contributed by atoms with Crippen molar-refractivity contribution in [2.75, 3.05) is 34.5 Å². The van der Waals surface area contributed by atoms with Crippen LogP contribution in [0.4, 0.5) is 0 Å². The van der Waals surface area contributed by atoms with E-state index in [2.05, 4.69) is 5.48 Å². The van der Waals surface area contributed by atoms with E-state index in [-0.39, 0.29) is 0 Å². The van der Waals surface area contributed by atoms with Gasteiger partial charge in [-0.1, -0.05) is 0 Å². The van der Waals surface area contributed by atoms with Gasteiger partial charge in [0, 0.05) is 19.2 Å². The number of methoxy groups -OCH3 is 3. The summed E-state index contributed by atoms with van der Waals surface area (Å²) in [6.45, 7) is 1.61. The maximum atomic E-state index is 5.25. The van der Waals surface area contributed by atoms with E-state index in [4.69, 9.17) is 19.0 Å². The second kappa shape index (κ2) is 7.89. The van der Waals surface area contributed by atoms with Crippen LogP contribution < -0.4 is 15.0 Å². The molecule has 5 nitrogen and oxygen atoms in total. The molecule has 0 spiro atoms. The molecule has 0 atom stereocenters. The van der Waals surface area contributed by atoms with Gasteiger partial charge in [0.25, 0.3) is 0 Å². The first-order chi connectivity index (χ1) is 8.31. The summed E-state index contributed by atoms with van der Waals surface area (Å²) in [7, 11) is 4.90. The molecule has 5 heteroatoms. The minimum Gasteiger partial charge on any atom is -0.497 e. The van der Waals surface area contributed by atoms with Crippen molar-refractivity contribution in [2.45, 2.75) is 6.54 Å². The zero-order chi connectivity index (χ0) is 12.5. The second-order valence-corrected chi connectivity index (χ2v) is 3.34. The van der Waals surface area contributed by atoms with Crippen LogP contribution in [-0.2, 0) is 16.1 Å². The minimum atomic E-state index is 0.503. The van der Waals surface area contributed by atoms with Crippen LogP contribution >= 0.6 is 0 Å². The summed E-state index contributed by atoms with van der Waals surface area (Å²) < 4.78 is 15.3. The molecule has 0 radical (unpaired) electrons. The molecule has 17 heavy (non-hydrogen) atoms. The molecular weight excluding hydrogens is 222 g/mol. The van der Waals surface area contributed by atoms with Crippen molar-refractivity contribution in [1.82, 2.24) is 5.48 Å². The van der Waals surface area contributed by atoms with E-state index in [1.165, 1.54) is 0 Å². The fourth-order valence-electron chi connectivity index (χ4n) is 1.35. The lowest BCUT2D eigenvalue weighted by Crippen LogP contribution is -2.17. The standard InChI is InChI=1S/C12H19NO4/c1-14-6-7-17-13-9-10-8-11(15-2)4-5-12(10)16-3/h4-5,8,13H,6-7,9H2,1-3H3. The van der Waals surface area contributed by atoms with E-state index < -0.39 is 0 Å². The van der Waals surface area contributed by atoms with Crippen molar-refractivity contribution < 1.29 is 19.0 Å². The average Bonchev–Trinajstić information content (AvgIpc) is 2.38. The van der Waals surface area contributed by atoms with Gasteiger partial charge >= 0.3 is 0 Å². The van der Waals surface area contributed by atoms with E-state index in [1.807, 2.05) is 18.2 Å². The van der Waals surface area contributed by atoms with Crippen molar-refractivity contribution in [1.29, 1.82) is 0 Å². The predicted molar refractivity (Wildman–Crippen MR) is 64.2 cm³/mol. The van der Waals surface area contributed by atoms with Crippen LogP contribution in [-0.4, -0.2) is 34.5 Å². The summed E-state index contributed by atoms with van der Waals surface area (Å²) in [4.78, 5) is 5.18. The molecule has 1 N–H and O–H groups in total. The molecule has 0 unspecified atom stereocenters. The number of hydrogen-bond donors (Lipinski definition) is 1. The first kappa shape index (κ1) is 13.8. The number of ether oxygens (including phenoxy) is 3. The van der Waals surface area contributed by atoms with Crippen LogP contribution in [0, 0.1) is 0 Å². The third kappa shape index (κ3) is 4.60. The quantitative estimate of drug-likeness (QED) is 0.550. The lowest BCUT2D eigenvalue weighted by atomic mass is 10.2. The molecule has 0 saturated carbocycles. The number of benzene rings is 1. The normalized spacial score (nSPS) is 10.3. The Morgan fingerprint density at radius 2 is 1.88 bits per heavy atom. The zero-order valence-electron chi connectivity index (χ0n) is 10.5. The van der Waals surface area contributed by atoms with Gasteiger partial charge in [-0.15, -0.1) is 0 Å². The highest BCUT2D eigenvalue weighted by Crippen LogP contribution is 2.23. The Balaban J connectivity index is 2.49. The molecule has 96 valence electrons. The van der Waals surface area contributed by atoms with Crippen molar-refractivity contribution in [3.63, 3.8) is 0 Å². The molecule has 0 amide bonds. The molecular formula is C12H19NO4. The first-order valence-electron chi connectivity index (χ1n) is 5.36. The van der Waals surface area contributed by atoms with E-state index in [9.17, 15) is 0 Å². The van der Waals surface area contributed by atoms with Gasteiger partial charge in [-0.25, -0.2) is 0 Å². The molecule has 0 aliphatic rings.